The van der Waals surface area contributed by atoms with Crippen LogP contribution in [-0.4, -0.2) is 44.2 Å². The summed E-state index contributed by atoms with van der Waals surface area (Å²) >= 11 is 5.82. The lowest BCUT2D eigenvalue weighted by atomic mass is 10.0. The topological polar surface area (TPSA) is 115 Å². The monoisotopic (exact) mass is 551 g/mol. The van der Waals surface area contributed by atoms with Crippen LogP contribution in [0.1, 0.15) is 17.2 Å². The molecule has 1 aromatic heterocycles. The van der Waals surface area contributed by atoms with E-state index < -0.39 is 54.7 Å². The normalized spacial score (nSPS) is 13.9. The molecule has 0 fully saturated rings. The number of nitrogens with one attached hydrogen (secondary N) is 1. The number of nitrogens with two attached hydrogens (primary N) is 1. The number of carbonyl (C=O) groups excluding carboxylic acids is 1. The largest absolute Gasteiger partial charge is 0.416 e. The molecule has 2 aromatic carbocycles. The van der Waals surface area contributed by atoms with E-state index in [0.717, 1.165) is 12.1 Å². The number of aliphatic hydroxyl groups excluding tert-OH is 1. The third-order valence-corrected chi connectivity index (χ3v) is 5.47. The minimum absolute atomic E-state index is 0.0998. The van der Waals surface area contributed by atoms with Crippen molar-refractivity contribution >= 4 is 17.5 Å². The van der Waals surface area contributed by atoms with Crippen LogP contribution in [0.2, 0.25) is 5.02 Å². The maximum atomic E-state index is 12.9. The highest BCUT2D eigenvalue weighted by Gasteiger charge is 2.39. The van der Waals surface area contributed by atoms with Gasteiger partial charge in [0.2, 0.25) is 5.91 Å². The summed E-state index contributed by atoms with van der Waals surface area (Å²) in [6, 6.07) is 8.80. The van der Waals surface area contributed by atoms with E-state index in [0.29, 0.717) is 14.3 Å². The van der Waals surface area contributed by atoms with Crippen molar-refractivity contribution < 1.29 is 36.2 Å². The van der Waals surface area contributed by atoms with Crippen molar-refractivity contribution in [3.05, 3.63) is 75.2 Å². The van der Waals surface area contributed by atoms with Gasteiger partial charge in [-0.3, -0.25) is 9.36 Å². The fourth-order valence-electron chi connectivity index (χ4n) is 3.28. The van der Waals surface area contributed by atoms with Crippen LogP contribution in [0.15, 0.2) is 53.3 Å². The lowest BCUT2D eigenvalue weighted by Crippen LogP contribution is -2.39. The molecule has 0 spiro atoms. The fourth-order valence-corrected chi connectivity index (χ4v) is 3.40. The Balaban J connectivity index is 1.78. The second-order valence-corrected chi connectivity index (χ2v) is 8.41. The Hall–Kier alpha value is -3.36. The van der Waals surface area contributed by atoms with E-state index in [2.05, 4.69) is 10.4 Å². The van der Waals surface area contributed by atoms with Gasteiger partial charge in [-0.2, -0.15) is 26.3 Å². The molecule has 1 amide bonds. The minimum Gasteiger partial charge on any atom is -0.382 e. The van der Waals surface area contributed by atoms with Crippen molar-refractivity contribution in [2.75, 3.05) is 6.54 Å². The second-order valence-electron chi connectivity index (χ2n) is 7.97. The van der Waals surface area contributed by atoms with Crippen LogP contribution in [-0.2, 0) is 24.1 Å². The fraction of sp³-hybridized carbons (Fsp3) is 0.318. The molecule has 1 heterocycles. The number of aromatic nitrogens is 3. The van der Waals surface area contributed by atoms with Crippen molar-refractivity contribution in [3.8, 4) is 11.4 Å². The summed E-state index contributed by atoms with van der Waals surface area (Å²) in [5.74, 6) is -1.08. The third kappa shape index (κ3) is 7.11. The van der Waals surface area contributed by atoms with Crippen molar-refractivity contribution in [2.45, 2.75) is 37.6 Å². The second kappa shape index (κ2) is 10.9. The van der Waals surface area contributed by atoms with Crippen LogP contribution >= 0.6 is 11.6 Å². The summed E-state index contributed by atoms with van der Waals surface area (Å²) in [5.41, 5.74) is 4.15. The molecule has 0 bridgehead atoms. The summed E-state index contributed by atoms with van der Waals surface area (Å²) in [4.78, 5) is 25.2. The average molecular weight is 552 g/mol. The van der Waals surface area contributed by atoms with Crippen molar-refractivity contribution in [3.63, 3.8) is 0 Å². The number of nitrogens with zero attached hydrogens (tertiary/aromatic N) is 3. The summed E-state index contributed by atoms with van der Waals surface area (Å²) in [6.45, 7) is -2.21. The van der Waals surface area contributed by atoms with Crippen molar-refractivity contribution in [2.24, 2.45) is 5.73 Å². The van der Waals surface area contributed by atoms with E-state index in [1.807, 2.05) is 0 Å². The van der Waals surface area contributed by atoms with Crippen LogP contribution in [0.4, 0.5) is 26.3 Å². The summed E-state index contributed by atoms with van der Waals surface area (Å²) in [7, 11) is 0. The number of benzene rings is 2. The molecule has 0 radical (unpaired) electrons. The Bertz CT molecular complexity index is 1300. The van der Waals surface area contributed by atoms with Crippen LogP contribution < -0.4 is 16.7 Å². The van der Waals surface area contributed by atoms with Crippen LogP contribution in [0.25, 0.3) is 11.4 Å². The molecule has 0 aliphatic carbocycles. The maximum Gasteiger partial charge on any atom is 0.416 e. The molecule has 0 saturated heterocycles. The van der Waals surface area contributed by atoms with Gasteiger partial charge in [0, 0.05) is 23.2 Å². The van der Waals surface area contributed by atoms with Gasteiger partial charge in [-0.05, 0) is 42.0 Å². The van der Waals surface area contributed by atoms with Gasteiger partial charge in [0.25, 0.3) is 0 Å². The number of aliphatic hydroxyl groups is 1. The minimum atomic E-state index is -5.02. The van der Waals surface area contributed by atoms with E-state index in [-0.39, 0.29) is 23.5 Å². The molecule has 200 valence electrons. The highest BCUT2D eigenvalue weighted by molar-refractivity contribution is 6.30. The molecule has 3 aromatic rings. The zero-order valence-corrected chi connectivity index (χ0v) is 19.5. The molecule has 4 N–H and O–H groups in total. The Morgan fingerprint density at radius 1 is 1.11 bits per heavy atom. The van der Waals surface area contributed by atoms with Crippen LogP contribution in [0.3, 0.4) is 0 Å². The van der Waals surface area contributed by atoms with Gasteiger partial charge in [-0.1, -0.05) is 23.7 Å². The van der Waals surface area contributed by atoms with Crippen LogP contribution in [0.5, 0.6) is 0 Å². The molecule has 2 atom stereocenters. The van der Waals surface area contributed by atoms with Gasteiger partial charge in [0.05, 0.1) is 12.1 Å². The molecule has 3 rings (SSSR count). The Morgan fingerprint density at radius 3 is 2.35 bits per heavy atom. The van der Waals surface area contributed by atoms with E-state index in [9.17, 15) is 41.0 Å². The number of hydrogen-bond acceptors (Lipinski definition) is 5. The van der Waals surface area contributed by atoms with E-state index >= 15 is 0 Å². The smallest absolute Gasteiger partial charge is 0.382 e. The standard InChI is InChI=1S/C22H20ClF6N5O3/c23-15-6-4-12(5-7-15)19-32-34(20(37)33(19)10-17(35)22(27,28)29)11-18(36)31-9-16(30)13-2-1-3-14(8-13)21(24,25)26/h1-8,16-17,35H,9-11,30H2,(H,31,36). The first-order chi connectivity index (χ1) is 17.2. The Labute approximate surface area is 210 Å². The molecule has 15 heteroatoms. The van der Waals surface area contributed by atoms with Crippen molar-refractivity contribution in [1.29, 1.82) is 0 Å². The SMILES string of the molecule is NC(CNC(=O)Cn1nc(-c2ccc(Cl)cc2)n(CC(O)C(F)(F)F)c1=O)c1cccc(C(F)(F)F)c1. The van der Waals surface area contributed by atoms with Gasteiger partial charge in [0.1, 0.15) is 6.54 Å². The summed E-state index contributed by atoms with van der Waals surface area (Å²) in [5, 5.41) is 16.1. The lowest BCUT2D eigenvalue weighted by molar-refractivity contribution is -0.207. The zero-order chi connectivity index (χ0) is 27.5. The molecule has 8 nitrogen and oxygen atoms in total. The molecular formula is C22H20ClF6N5O3. The quantitative estimate of drug-likeness (QED) is 0.372. The predicted molar refractivity (Wildman–Crippen MR) is 120 cm³/mol. The Morgan fingerprint density at radius 2 is 1.76 bits per heavy atom. The number of carbonyl (C=O) groups is 1. The van der Waals surface area contributed by atoms with Gasteiger partial charge in [-0.25, -0.2) is 9.48 Å². The number of amides is 1. The number of halogens is 7. The van der Waals surface area contributed by atoms with E-state index in [1.165, 1.54) is 36.4 Å². The van der Waals surface area contributed by atoms with Gasteiger partial charge >= 0.3 is 18.0 Å². The number of hydrogen-bond donors (Lipinski definition) is 3. The summed E-state index contributed by atoms with van der Waals surface area (Å²) < 4.78 is 78.7. The lowest BCUT2D eigenvalue weighted by Gasteiger charge is -2.15. The maximum absolute atomic E-state index is 12.9. The van der Waals surface area contributed by atoms with E-state index in [1.54, 1.807) is 0 Å². The highest BCUT2D eigenvalue weighted by Crippen LogP contribution is 2.30. The van der Waals surface area contributed by atoms with Gasteiger partial charge in [-0.15, -0.1) is 5.10 Å². The van der Waals surface area contributed by atoms with E-state index in [4.69, 9.17) is 17.3 Å². The molecule has 0 saturated carbocycles. The summed E-state index contributed by atoms with van der Waals surface area (Å²) in [6.07, 6.45) is -12.5. The van der Waals surface area contributed by atoms with Gasteiger partial charge in [0.15, 0.2) is 11.9 Å². The molecular weight excluding hydrogens is 532 g/mol. The van der Waals surface area contributed by atoms with Gasteiger partial charge < -0.3 is 16.2 Å². The number of rotatable bonds is 8. The first-order valence-electron chi connectivity index (χ1n) is 10.5. The molecule has 2 unspecified atom stereocenters. The first-order valence-corrected chi connectivity index (χ1v) is 10.9. The molecule has 0 aliphatic rings. The first kappa shape index (κ1) is 28.2. The van der Waals surface area contributed by atoms with Crippen molar-refractivity contribution in [1.82, 2.24) is 19.7 Å². The zero-order valence-electron chi connectivity index (χ0n) is 18.7. The predicted octanol–water partition coefficient (Wildman–Crippen LogP) is 3.12. The van der Waals surface area contributed by atoms with Crippen LogP contribution in [0, 0.1) is 0 Å². The average Bonchev–Trinajstić information content (AvgIpc) is 3.11. The number of alkyl halides is 6. The molecule has 0 aliphatic heterocycles. The Kier molecular flexibility index (Phi) is 8.35. The molecule has 37 heavy (non-hydrogen) atoms. The highest BCUT2D eigenvalue weighted by atomic mass is 35.5. The third-order valence-electron chi connectivity index (χ3n) is 5.21.